The molecule has 0 atom stereocenters. The molecule has 0 aliphatic rings. The quantitative estimate of drug-likeness (QED) is 0.458. The first-order chi connectivity index (χ1) is 6.22. The summed E-state index contributed by atoms with van der Waals surface area (Å²) >= 11 is 5.68. The number of nitrogens with zero attached hydrogens (tertiary/aromatic N) is 2. The molecule has 0 radical (unpaired) electrons. The Balaban J connectivity index is 2.60. The summed E-state index contributed by atoms with van der Waals surface area (Å²) < 4.78 is 0. The fraction of sp³-hybridized carbons (Fsp3) is 0.333. The van der Waals surface area contributed by atoms with E-state index in [0.717, 1.165) is 24.5 Å². The lowest BCUT2D eigenvalue weighted by Crippen LogP contribution is -2.03. The highest BCUT2D eigenvalue weighted by atomic mass is 35.5. The van der Waals surface area contributed by atoms with Crippen molar-refractivity contribution in [1.29, 1.82) is 0 Å². The minimum Gasteiger partial charge on any atom is -0.370 e. The van der Waals surface area contributed by atoms with E-state index in [-0.39, 0.29) is 5.28 Å². The predicted molar refractivity (Wildman–Crippen MR) is 55.1 cm³/mol. The van der Waals surface area contributed by atoms with Gasteiger partial charge in [0, 0.05) is 18.3 Å². The molecule has 0 aliphatic heterocycles. The average molecular weight is 198 g/mol. The maximum atomic E-state index is 5.68. The number of hydrogen-bond donors (Lipinski definition) is 1. The number of hydrogen-bond acceptors (Lipinski definition) is 3. The van der Waals surface area contributed by atoms with Crippen molar-refractivity contribution in [3.8, 4) is 0 Å². The standard InChI is InChI=1S/C9H12ClN3/c1-3-4-5-11-8-6-7(2)12-9(10)13-8/h3,6H,1,4-5H2,2H3,(H,11,12,13). The zero-order valence-corrected chi connectivity index (χ0v) is 8.30. The van der Waals surface area contributed by atoms with Gasteiger partial charge >= 0.3 is 0 Å². The summed E-state index contributed by atoms with van der Waals surface area (Å²) in [5, 5.41) is 3.40. The van der Waals surface area contributed by atoms with Crippen molar-refractivity contribution in [3.05, 3.63) is 29.7 Å². The van der Waals surface area contributed by atoms with Gasteiger partial charge in [-0.2, -0.15) is 0 Å². The molecular formula is C9H12ClN3. The number of rotatable bonds is 4. The second-order valence-electron chi connectivity index (χ2n) is 2.67. The second kappa shape index (κ2) is 4.82. The van der Waals surface area contributed by atoms with E-state index in [0.29, 0.717) is 0 Å². The van der Waals surface area contributed by atoms with Gasteiger partial charge < -0.3 is 5.32 Å². The summed E-state index contributed by atoms with van der Waals surface area (Å²) in [7, 11) is 0. The number of aromatic nitrogens is 2. The Morgan fingerprint density at radius 1 is 1.62 bits per heavy atom. The van der Waals surface area contributed by atoms with E-state index in [1.165, 1.54) is 0 Å². The van der Waals surface area contributed by atoms with Crippen LogP contribution in [0.4, 0.5) is 5.82 Å². The van der Waals surface area contributed by atoms with Crippen LogP contribution in [0.1, 0.15) is 12.1 Å². The molecule has 0 amide bonds. The van der Waals surface area contributed by atoms with Crippen LogP contribution in [-0.4, -0.2) is 16.5 Å². The van der Waals surface area contributed by atoms with Crippen LogP contribution in [0.3, 0.4) is 0 Å². The summed E-state index contributed by atoms with van der Waals surface area (Å²) in [6.45, 7) is 6.33. The first-order valence-corrected chi connectivity index (χ1v) is 4.46. The van der Waals surface area contributed by atoms with Crippen LogP contribution in [0.25, 0.3) is 0 Å². The van der Waals surface area contributed by atoms with Gasteiger partial charge in [-0.15, -0.1) is 6.58 Å². The molecule has 0 saturated carbocycles. The smallest absolute Gasteiger partial charge is 0.224 e. The monoisotopic (exact) mass is 197 g/mol. The summed E-state index contributed by atoms with van der Waals surface area (Å²) in [6.07, 6.45) is 2.75. The fourth-order valence-corrected chi connectivity index (χ4v) is 1.15. The van der Waals surface area contributed by atoms with E-state index in [1.807, 2.05) is 19.1 Å². The highest BCUT2D eigenvalue weighted by Crippen LogP contribution is 2.09. The fourth-order valence-electron chi connectivity index (χ4n) is 0.925. The average Bonchev–Trinajstić information content (AvgIpc) is 2.03. The number of nitrogens with one attached hydrogen (secondary N) is 1. The minimum atomic E-state index is 0.279. The topological polar surface area (TPSA) is 37.8 Å². The number of anilines is 1. The summed E-state index contributed by atoms with van der Waals surface area (Å²) in [4.78, 5) is 7.97. The molecule has 1 rings (SSSR count). The number of halogens is 1. The molecule has 13 heavy (non-hydrogen) atoms. The Morgan fingerprint density at radius 2 is 2.38 bits per heavy atom. The van der Waals surface area contributed by atoms with Crippen molar-refractivity contribution in [2.45, 2.75) is 13.3 Å². The van der Waals surface area contributed by atoms with E-state index >= 15 is 0 Å². The Bertz CT molecular complexity index is 279. The Morgan fingerprint density at radius 3 is 3.00 bits per heavy atom. The second-order valence-corrected chi connectivity index (χ2v) is 3.01. The van der Waals surface area contributed by atoms with Crippen LogP contribution in [0.15, 0.2) is 18.7 Å². The lowest BCUT2D eigenvalue weighted by molar-refractivity contribution is 1.02. The molecule has 1 heterocycles. The lowest BCUT2D eigenvalue weighted by atomic mass is 10.4. The molecule has 0 aliphatic carbocycles. The van der Waals surface area contributed by atoms with Gasteiger partial charge in [-0.1, -0.05) is 6.08 Å². The van der Waals surface area contributed by atoms with Crippen LogP contribution >= 0.6 is 11.6 Å². The molecule has 0 saturated heterocycles. The normalized spacial score (nSPS) is 9.69. The maximum absolute atomic E-state index is 5.68. The summed E-state index contributed by atoms with van der Waals surface area (Å²) in [6, 6.07) is 1.86. The largest absolute Gasteiger partial charge is 0.370 e. The molecule has 0 bridgehead atoms. The lowest BCUT2D eigenvalue weighted by Gasteiger charge is -2.04. The molecule has 3 nitrogen and oxygen atoms in total. The molecule has 1 aromatic rings. The molecule has 70 valence electrons. The molecule has 0 aromatic carbocycles. The van der Waals surface area contributed by atoms with Crippen LogP contribution in [0.2, 0.25) is 5.28 Å². The van der Waals surface area contributed by atoms with Crippen LogP contribution in [0, 0.1) is 6.92 Å². The molecule has 0 spiro atoms. The van der Waals surface area contributed by atoms with Crippen molar-refractivity contribution in [1.82, 2.24) is 9.97 Å². The minimum absolute atomic E-state index is 0.279. The summed E-state index contributed by atoms with van der Waals surface area (Å²) in [5.41, 5.74) is 0.862. The van der Waals surface area contributed by atoms with Gasteiger partial charge in [0.1, 0.15) is 5.82 Å². The van der Waals surface area contributed by atoms with Gasteiger partial charge in [0.2, 0.25) is 5.28 Å². The predicted octanol–water partition coefficient (Wildman–Crippen LogP) is 2.43. The Hall–Kier alpha value is -1.09. The van der Waals surface area contributed by atoms with Crippen molar-refractivity contribution in [2.75, 3.05) is 11.9 Å². The molecular weight excluding hydrogens is 186 g/mol. The third kappa shape index (κ3) is 3.42. The molecule has 0 unspecified atom stereocenters. The molecule has 4 heteroatoms. The molecule has 1 N–H and O–H groups in total. The highest BCUT2D eigenvalue weighted by Gasteiger charge is 1.97. The van der Waals surface area contributed by atoms with Crippen molar-refractivity contribution >= 4 is 17.4 Å². The van der Waals surface area contributed by atoms with Crippen molar-refractivity contribution < 1.29 is 0 Å². The zero-order valence-electron chi connectivity index (χ0n) is 7.55. The van der Waals surface area contributed by atoms with Crippen molar-refractivity contribution in [2.24, 2.45) is 0 Å². The van der Waals surface area contributed by atoms with Gasteiger partial charge in [0.25, 0.3) is 0 Å². The third-order valence-electron chi connectivity index (χ3n) is 1.48. The SMILES string of the molecule is C=CCCNc1cc(C)nc(Cl)n1. The molecule has 1 aromatic heterocycles. The van der Waals surface area contributed by atoms with E-state index < -0.39 is 0 Å². The van der Waals surface area contributed by atoms with Gasteiger partial charge in [0.05, 0.1) is 0 Å². The van der Waals surface area contributed by atoms with Gasteiger partial charge in [-0.3, -0.25) is 0 Å². The van der Waals surface area contributed by atoms with E-state index in [4.69, 9.17) is 11.6 Å². The Labute approximate surface area is 82.9 Å². The highest BCUT2D eigenvalue weighted by molar-refractivity contribution is 6.28. The van der Waals surface area contributed by atoms with Crippen LogP contribution in [0.5, 0.6) is 0 Å². The first kappa shape index (κ1) is 9.99. The first-order valence-electron chi connectivity index (χ1n) is 4.08. The number of aryl methyl sites for hydroxylation is 1. The van der Waals surface area contributed by atoms with E-state index in [2.05, 4.69) is 21.9 Å². The van der Waals surface area contributed by atoms with E-state index in [1.54, 1.807) is 0 Å². The maximum Gasteiger partial charge on any atom is 0.224 e. The van der Waals surface area contributed by atoms with Gasteiger partial charge in [-0.25, -0.2) is 9.97 Å². The van der Waals surface area contributed by atoms with Crippen molar-refractivity contribution in [3.63, 3.8) is 0 Å². The van der Waals surface area contributed by atoms with E-state index in [9.17, 15) is 0 Å². The summed E-state index contributed by atoms with van der Waals surface area (Å²) in [5.74, 6) is 0.763. The van der Waals surface area contributed by atoms with Crippen LogP contribution in [-0.2, 0) is 0 Å². The zero-order chi connectivity index (χ0) is 9.68. The van der Waals surface area contributed by atoms with Crippen LogP contribution < -0.4 is 5.32 Å². The third-order valence-corrected chi connectivity index (χ3v) is 1.65. The molecule has 0 fully saturated rings. The Kier molecular flexibility index (Phi) is 3.71. The van der Waals surface area contributed by atoms with Gasteiger partial charge in [0.15, 0.2) is 0 Å². The van der Waals surface area contributed by atoms with Gasteiger partial charge in [-0.05, 0) is 24.9 Å².